The van der Waals surface area contributed by atoms with E-state index in [9.17, 15) is 9.59 Å². The number of para-hydroxylation sites is 1. The van der Waals surface area contributed by atoms with Crippen LogP contribution in [0, 0.1) is 0 Å². The average molecular weight is 378 g/mol. The molecule has 1 fully saturated rings. The minimum absolute atomic E-state index is 0.0162. The van der Waals surface area contributed by atoms with Crippen LogP contribution in [0.4, 0.5) is 0 Å². The van der Waals surface area contributed by atoms with Crippen molar-refractivity contribution in [3.8, 4) is 0 Å². The van der Waals surface area contributed by atoms with E-state index in [-0.39, 0.29) is 30.8 Å². The molecule has 0 spiro atoms. The maximum absolute atomic E-state index is 12.8. The van der Waals surface area contributed by atoms with Crippen LogP contribution in [0.5, 0.6) is 0 Å². The van der Waals surface area contributed by atoms with Crippen molar-refractivity contribution in [1.29, 1.82) is 0 Å². The Bertz CT molecular complexity index is 971. The first-order chi connectivity index (χ1) is 13.7. The molecule has 2 aromatic heterocycles. The van der Waals surface area contributed by atoms with E-state index in [1.54, 1.807) is 12.4 Å². The molecule has 3 heterocycles. The number of nitrogens with one attached hydrogen (secondary N) is 3. The van der Waals surface area contributed by atoms with E-state index < -0.39 is 0 Å². The number of aromatic amines is 1. The number of hydrogen-bond acceptors (Lipinski definition) is 5. The van der Waals surface area contributed by atoms with E-state index in [2.05, 4.69) is 25.8 Å². The molecule has 28 heavy (non-hydrogen) atoms. The van der Waals surface area contributed by atoms with Gasteiger partial charge in [0.05, 0.1) is 11.6 Å². The Labute approximate surface area is 162 Å². The molecular formula is C20H22N6O2. The highest BCUT2D eigenvalue weighted by molar-refractivity contribution is 6.04. The van der Waals surface area contributed by atoms with E-state index in [1.165, 1.54) is 0 Å². The number of hydrogen-bond donors (Lipinski definition) is 3. The lowest BCUT2D eigenvalue weighted by Crippen LogP contribution is -2.49. The molecular weight excluding hydrogens is 356 g/mol. The van der Waals surface area contributed by atoms with Crippen LogP contribution in [0.3, 0.4) is 0 Å². The summed E-state index contributed by atoms with van der Waals surface area (Å²) >= 11 is 0. The number of carbonyl (C=O) groups excluding carboxylic acids is 2. The van der Waals surface area contributed by atoms with Crippen molar-refractivity contribution in [2.75, 3.05) is 26.2 Å². The Morgan fingerprint density at radius 3 is 2.96 bits per heavy atom. The summed E-state index contributed by atoms with van der Waals surface area (Å²) < 4.78 is 0. The van der Waals surface area contributed by atoms with Gasteiger partial charge < -0.3 is 15.5 Å². The third kappa shape index (κ3) is 3.72. The van der Waals surface area contributed by atoms with E-state index in [1.807, 2.05) is 41.3 Å². The van der Waals surface area contributed by atoms with Gasteiger partial charge in [-0.2, -0.15) is 5.10 Å². The Morgan fingerprint density at radius 1 is 1.21 bits per heavy atom. The summed E-state index contributed by atoms with van der Waals surface area (Å²) in [5.41, 5.74) is 2.16. The average Bonchev–Trinajstić information content (AvgIpc) is 3.18. The smallest absolute Gasteiger partial charge is 0.272 e. The van der Waals surface area contributed by atoms with Crippen molar-refractivity contribution in [3.63, 3.8) is 0 Å². The van der Waals surface area contributed by atoms with Gasteiger partial charge in [0.2, 0.25) is 5.91 Å². The molecule has 3 N–H and O–H groups in total. The van der Waals surface area contributed by atoms with E-state index in [4.69, 9.17) is 0 Å². The first-order valence-electron chi connectivity index (χ1n) is 9.35. The molecule has 1 unspecified atom stereocenters. The molecule has 0 saturated carbocycles. The third-order valence-electron chi connectivity index (χ3n) is 4.94. The van der Waals surface area contributed by atoms with Crippen LogP contribution in [0.25, 0.3) is 10.9 Å². The van der Waals surface area contributed by atoms with Crippen molar-refractivity contribution < 1.29 is 9.59 Å². The van der Waals surface area contributed by atoms with Gasteiger partial charge in [-0.05, 0) is 17.7 Å². The zero-order valence-electron chi connectivity index (χ0n) is 15.4. The topological polar surface area (TPSA) is 103 Å². The molecule has 3 aromatic rings. The number of benzene rings is 1. The van der Waals surface area contributed by atoms with Crippen molar-refractivity contribution in [2.45, 2.75) is 12.5 Å². The summed E-state index contributed by atoms with van der Waals surface area (Å²) in [6, 6.07) is 11.3. The van der Waals surface area contributed by atoms with Gasteiger partial charge in [0.1, 0.15) is 0 Å². The van der Waals surface area contributed by atoms with Crippen LogP contribution < -0.4 is 10.6 Å². The fourth-order valence-corrected chi connectivity index (χ4v) is 3.52. The molecule has 144 valence electrons. The molecule has 2 amide bonds. The predicted molar refractivity (Wildman–Crippen MR) is 105 cm³/mol. The second-order valence-electron chi connectivity index (χ2n) is 6.72. The Morgan fingerprint density at radius 2 is 2.11 bits per heavy atom. The first kappa shape index (κ1) is 18.1. The van der Waals surface area contributed by atoms with E-state index in [0.29, 0.717) is 18.8 Å². The van der Waals surface area contributed by atoms with Gasteiger partial charge in [-0.3, -0.25) is 19.7 Å². The summed E-state index contributed by atoms with van der Waals surface area (Å²) in [5, 5.41) is 13.8. The van der Waals surface area contributed by atoms with E-state index in [0.717, 1.165) is 23.0 Å². The highest BCUT2D eigenvalue weighted by Crippen LogP contribution is 2.22. The van der Waals surface area contributed by atoms with Gasteiger partial charge in [-0.25, -0.2) is 0 Å². The number of nitrogens with zero attached hydrogens (tertiary/aromatic N) is 3. The van der Waals surface area contributed by atoms with Gasteiger partial charge in [-0.1, -0.05) is 24.3 Å². The van der Waals surface area contributed by atoms with Crippen LogP contribution in [-0.2, 0) is 4.79 Å². The molecule has 8 heteroatoms. The predicted octanol–water partition coefficient (Wildman–Crippen LogP) is 1.25. The zero-order chi connectivity index (χ0) is 19.3. The Balaban J connectivity index is 1.36. The van der Waals surface area contributed by atoms with Crippen molar-refractivity contribution in [3.05, 3.63) is 60.0 Å². The highest BCUT2D eigenvalue weighted by Gasteiger charge is 2.27. The number of rotatable bonds is 5. The van der Waals surface area contributed by atoms with Crippen LogP contribution in [0.15, 0.2) is 48.8 Å². The third-order valence-corrected chi connectivity index (χ3v) is 4.94. The lowest BCUT2D eigenvalue weighted by atomic mass is 10.0. The Kier molecular flexibility index (Phi) is 5.29. The van der Waals surface area contributed by atoms with Gasteiger partial charge in [0, 0.05) is 50.4 Å². The van der Waals surface area contributed by atoms with Gasteiger partial charge in [0.25, 0.3) is 5.91 Å². The SMILES string of the molecule is O=C(NCCC(=O)N1CCNCC1c1cccnc1)c1n[nH]c2ccccc12. The molecule has 1 saturated heterocycles. The van der Waals surface area contributed by atoms with Crippen LogP contribution in [0.2, 0.25) is 0 Å². The van der Waals surface area contributed by atoms with Crippen LogP contribution in [-0.4, -0.2) is 58.1 Å². The molecule has 1 aliphatic rings. The van der Waals surface area contributed by atoms with Crippen molar-refractivity contribution in [2.24, 2.45) is 0 Å². The molecule has 8 nitrogen and oxygen atoms in total. The van der Waals surface area contributed by atoms with Crippen LogP contribution >= 0.6 is 0 Å². The molecule has 4 rings (SSSR count). The number of fused-ring (bicyclic) bond motifs is 1. The summed E-state index contributed by atoms with van der Waals surface area (Å²) in [4.78, 5) is 31.2. The highest BCUT2D eigenvalue weighted by atomic mass is 16.2. The number of aromatic nitrogens is 3. The zero-order valence-corrected chi connectivity index (χ0v) is 15.4. The normalized spacial score (nSPS) is 16.9. The van der Waals surface area contributed by atoms with E-state index >= 15 is 0 Å². The molecule has 1 aliphatic heterocycles. The molecule has 1 atom stereocenters. The first-order valence-corrected chi connectivity index (χ1v) is 9.35. The molecule has 1 aromatic carbocycles. The Hall–Kier alpha value is -3.26. The number of pyridine rings is 1. The minimum Gasteiger partial charge on any atom is -0.350 e. The summed E-state index contributed by atoms with van der Waals surface area (Å²) in [6.07, 6.45) is 3.76. The number of piperazine rings is 1. The minimum atomic E-state index is -0.283. The summed E-state index contributed by atoms with van der Waals surface area (Å²) in [6.45, 7) is 2.36. The fourth-order valence-electron chi connectivity index (χ4n) is 3.52. The maximum Gasteiger partial charge on any atom is 0.272 e. The monoisotopic (exact) mass is 378 g/mol. The van der Waals surface area contributed by atoms with Gasteiger partial charge >= 0.3 is 0 Å². The second kappa shape index (κ2) is 8.18. The quantitative estimate of drug-likeness (QED) is 0.620. The second-order valence-corrected chi connectivity index (χ2v) is 6.72. The summed E-state index contributed by atoms with van der Waals surface area (Å²) in [5.74, 6) is -0.267. The molecule has 0 aliphatic carbocycles. The number of carbonyl (C=O) groups is 2. The lowest BCUT2D eigenvalue weighted by molar-refractivity contribution is -0.134. The number of H-pyrrole nitrogens is 1. The maximum atomic E-state index is 12.8. The molecule has 0 bridgehead atoms. The lowest BCUT2D eigenvalue weighted by Gasteiger charge is -2.36. The van der Waals surface area contributed by atoms with Crippen molar-refractivity contribution in [1.82, 2.24) is 30.7 Å². The summed E-state index contributed by atoms with van der Waals surface area (Å²) in [7, 11) is 0. The molecule has 0 radical (unpaired) electrons. The van der Waals surface area contributed by atoms with Crippen LogP contribution in [0.1, 0.15) is 28.5 Å². The standard InChI is InChI=1S/C20H22N6O2/c27-18(26-11-10-22-13-17(26)14-4-3-8-21-12-14)7-9-23-20(28)19-15-5-1-2-6-16(15)24-25-19/h1-6,8,12,17,22H,7,9-11,13H2,(H,23,28)(H,24,25). The fraction of sp³-hybridized carbons (Fsp3) is 0.300. The van der Waals surface area contributed by atoms with Gasteiger partial charge in [0.15, 0.2) is 5.69 Å². The van der Waals surface area contributed by atoms with Gasteiger partial charge in [-0.15, -0.1) is 0 Å². The number of amides is 2. The van der Waals surface area contributed by atoms with Crippen molar-refractivity contribution >= 4 is 22.7 Å². The largest absolute Gasteiger partial charge is 0.350 e.